The number of ether oxygens (including phenoxy) is 1. The van der Waals surface area contributed by atoms with Crippen molar-refractivity contribution in [2.75, 3.05) is 24.6 Å². The number of nitrogens with zero attached hydrogens (tertiary/aromatic N) is 1. The molecule has 3 rings (SSSR count). The number of hydrogen-bond donors (Lipinski definition) is 1. The van der Waals surface area contributed by atoms with E-state index in [-0.39, 0.29) is 12.1 Å². The van der Waals surface area contributed by atoms with E-state index in [1.54, 1.807) is 11.0 Å². The fourth-order valence-electron chi connectivity index (χ4n) is 2.84. The van der Waals surface area contributed by atoms with E-state index < -0.39 is 11.6 Å². The molecule has 0 spiro atoms. The third-order valence-corrected chi connectivity index (χ3v) is 4.29. The fourth-order valence-corrected chi connectivity index (χ4v) is 2.84. The van der Waals surface area contributed by atoms with Gasteiger partial charge in [0.2, 0.25) is 0 Å². The summed E-state index contributed by atoms with van der Waals surface area (Å²) < 4.78 is 31.1. The number of cyclic esters (lactones) is 1. The summed E-state index contributed by atoms with van der Waals surface area (Å²) in [5.41, 5.74) is 2.60. The average Bonchev–Trinajstić information content (AvgIpc) is 3.04. The van der Waals surface area contributed by atoms with Crippen LogP contribution in [-0.2, 0) is 11.2 Å². The topological polar surface area (TPSA) is 41.6 Å². The van der Waals surface area contributed by atoms with Crippen molar-refractivity contribution in [2.45, 2.75) is 19.4 Å². The summed E-state index contributed by atoms with van der Waals surface area (Å²) in [6, 6.07) is 11.7. The van der Waals surface area contributed by atoms with Gasteiger partial charge in [-0.1, -0.05) is 18.2 Å². The Morgan fingerprint density at radius 1 is 1.20 bits per heavy atom. The number of carbonyl (C=O) groups excluding carboxylic acids is 1. The van der Waals surface area contributed by atoms with E-state index in [4.69, 9.17) is 4.74 Å². The van der Waals surface area contributed by atoms with Crippen molar-refractivity contribution in [3.05, 3.63) is 65.2 Å². The van der Waals surface area contributed by atoms with Gasteiger partial charge in [-0.05, 0) is 55.3 Å². The van der Waals surface area contributed by atoms with E-state index in [9.17, 15) is 13.6 Å². The van der Waals surface area contributed by atoms with Crippen molar-refractivity contribution in [1.29, 1.82) is 0 Å². The Labute approximate surface area is 145 Å². The number of amides is 1. The van der Waals surface area contributed by atoms with Gasteiger partial charge in [-0.15, -0.1) is 0 Å². The predicted octanol–water partition coefficient (Wildman–Crippen LogP) is 3.81. The summed E-state index contributed by atoms with van der Waals surface area (Å²) >= 11 is 0. The molecular weight excluding hydrogens is 326 g/mol. The summed E-state index contributed by atoms with van der Waals surface area (Å²) in [6.45, 7) is 3.61. The van der Waals surface area contributed by atoms with Gasteiger partial charge in [0, 0.05) is 11.7 Å². The Morgan fingerprint density at radius 2 is 2.04 bits per heavy atom. The average molecular weight is 346 g/mol. The lowest BCUT2D eigenvalue weighted by molar-refractivity contribution is 0.181. The lowest BCUT2D eigenvalue weighted by atomic mass is 10.1. The van der Waals surface area contributed by atoms with Gasteiger partial charge >= 0.3 is 6.09 Å². The Kier molecular flexibility index (Phi) is 5.28. The van der Waals surface area contributed by atoms with Crippen LogP contribution in [0.5, 0.6) is 0 Å². The maximum absolute atomic E-state index is 13.2. The molecule has 0 aliphatic carbocycles. The molecule has 0 saturated carbocycles. The number of carbonyl (C=O) groups is 1. The third kappa shape index (κ3) is 4.14. The number of halogens is 2. The standard InChI is InChI=1S/C19H20F2N2O2/c1-13(22-8-7-14-5-6-17(20)18(21)11-14)15-3-2-4-16(12-15)23-9-10-25-19(23)24/h2-6,11-13,22H,7-10H2,1H3. The highest BCUT2D eigenvalue weighted by atomic mass is 19.2. The molecule has 2 aromatic carbocycles. The number of anilines is 1. The summed E-state index contributed by atoms with van der Waals surface area (Å²) in [4.78, 5) is 13.3. The Hall–Kier alpha value is -2.47. The molecule has 1 saturated heterocycles. The van der Waals surface area contributed by atoms with Crippen LogP contribution in [0.4, 0.5) is 19.3 Å². The molecule has 6 heteroatoms. The molecule has 0 bridgehead atoms. The van der Waals surface area contributed by atoms with Crippen LogP contribution < -0.4 is 10.2 Å². The van der Waals surface area contributed by atoms with Gasteiger partial charge in [-0.25, -0.2) is 13.6 Å². The molecule has 1 N–H and O–H groups in total. The predicted molar refractivity (Wildman–Crippen MR) is 91.6 cm³/mol. The quantitative estimate of drug-likeness (QED) is 0.865. The van der Waals surface area contributed by atoms with E-state index in [1.807, 2.05) is 31.2 Å². The number of hydrogen-bond acceptors (Lipinski definition) is 3. The highest BCUT2D eigenvalue weighted by molar-refractivity contribution is 5.89. The van der Waals surface area contributed by atoms with Gasteiger partial charge in [-0.3, -0.25) is 4.90 Å². The second-order valence-corrected chi connectivity index (χ2v) is 6.04. The Bertz CT molecular complexity index is 767. The molecule has 0 aromatic heterocycles. The van der Waals surface area contributed by atoms with Crippen molar-refractivity contribution in [3.8, 4) is 0 Å². The minimum atomic E-state index is -0.831. The summed E-state index contributed by atoms with van der Waals surface area (Å²) in [5.74, 6) is -1.65. The molecular formula is C19H20F2N2O2. The van der Waals surface area contributed by atoms with Crippen molar-refractivity contribution in [1.82, 2.24) is 5.32 Å². The fraction of sp³-hybridized carbons (Fsp3) is 0.316. The molecule has 1 atom stereocenters. The molecule has 25 heavy (non-hydrogen) atoms. The van der Waals surface area contributed by atoms with Crippen LogP contribution >= 0.6 is 0 Å². The zero-order chi connectivity index (χ0) is 17.8. The van der Waals surface area contributed by atoms with Crippen molar-refractivity contribution >= 4 is 11.8 Å². The molecule has 2 aromatic rings. The molecule has 1 aliphatic heterocycles. The van der Waals surface area contributed by atoms with E-state index in [0.29, 0.717) is 26.1 Å². The van der Waals surface area contributed by atoms with Gasteiger partial charge in [0.15, 0.2) is 11.6 Å². The summed E-state index contributed by atoms with van der Waals surface area (Å²) in [5, 5.41) is 3.36. The first-order valence-electron chi connectivity index (χ1n) is 8.26. The second-order valence-electron chi connectivity index (χ2n) is 6.04. The van der Waals surface area contributed by atoms with Gasteiger partial charge in [0.25, 0.3) is 0 Å². The first-order valence-corrected chi connectivity index (χ1v) is 8.26. The lowest BCUT2D eigenvalue weighted by Gasteiger charge is -2.18. The van der Waals surface area contributed by atoms with Crippen LogP contribution in [0.3, 0.4) is 0 Å². The van der Waals surface area contributed by atoms with E-state index >= 15 is 0 Å². The molecule has 1 amide bonds. The van der Waals surface area contributed by atoms with Gasteiger partial charge in [0.1, 0.15) is 6.61 Å². The maximum atomic E-state index is 13.2. The van der Waals surface area contributed by atoms with E-state index in [1.165, 1.54) is 6.07 Å². The zero-order valence-electron chi connectivity index (χ0n) is 14.0. The minimum Gasteiger partial charge on any atom is -0.447 e. The molecule has 1 heterocycles. The molecule has 1 aliphatic rings. The number of benzene rings is 2. The largest absolute Gasteiger partial charge is 0.447 e. The van der Waals surface area contributed by atoms with E-state index in [0.717, 1.165) is 22.9 Å². The van der Waals surface area contributed by atoms with Crippen LogP contribution in [0.25, 0.3) is 0 Å². The van der Waals surface area contributed by atoms with Gasteiger partial charge in [0.05, 0.1) is 6.54 Å². The molecule has 1 fully saturated rings. The monoisotopic (exact) mass is 346 g/mol. The van der Waals surface area contributed by atoms with Crippen LogP contribution in [0, 0.1) is 11.6 Å². The Morgan fingerprint density at radius 3 is 2.76 bits per heavy atom. The van der Waals surface area contributed by atoms with Crippen molar-refractivity contribution in [2.24, 2.45) is 0 Å². The number of rotatable bonds is 6. The lowest BCUT2D eigenvalue weighted by Crippen LogP contribution is -2.24. The van der Waals surface area contributed by atoms with Crippen LogP contribution in [0.1, 0.15) is 24.1 Å². The molecule has 132 valence electrons. The van der Waals surface area contributed by atoms with Crippen LogP contribution in [0.2, 0.25) is 0 Å². The molecule has 0 radical (unpaired) electrons. The molecule has 4 nitrogen and oxygen atoms in total. The smallest absolute Gasteiger partial charge is 0.414 e. The molecule has 1 unspecified atom stereocenters. The summed E-state index contributed by atoms with van der Waals surface area (Å²) in [7, 11) is 0. The van der Waals surface area contributed by atoms with Gasteiger partial charge in [-0.2, -0.15) is 0 Å². The van der Waals surface area contributed by atoms with Gasteiger partial charge < -0.3 is 10.1 Å². The first kappa shape index (κ1) is 17.4. The van der Waals surface area contributed by atoms with Crippen LogP contribution in [-0.4, -0.2) is 25.8 Å². The van der Waals surface area contributed by atoms with E-state index in [2.05, 4.69) is 5.32 Å². The minimum absolute atomic E-state index is 0.0591. The highest BCUT2D eigenvalue weighted by Crippen LogP contribution is 2.23. The highest BCUT2D eigenvalue weighted by Gasteiger charge is 2.23. The maximum Gasteiger partial charge on any atom is 0.414 e. The van der Waals surface area contributed by atoms with Crippen molar-refractivity contribution < 1.29 is 18.3 Å². The Balaban J connectivity index is 1.58. The SMILES string of the molecule is CC(NCCc1ccc(F)c(F)c1)c1cccc(N2CCOC2=O)c1. The van der Waals surface area contributed by atoms with Crippen molar-refractivity contribution in [3.63, 3.8) is 0 Å². The first-order chi connectivity index (χ1) is 12.0. The van der Waals surface area contributed by atoms with Crippen LogP contribution in [0.15, 0.2) is 42.5 Å². The zero-order valence-corrected chi connectivity index (χ0v) is 14.0. The normalized spacial score (nSPS) is 15.3. The third-order valence-electron chi connectivity index (χ3n) is 4.29. The second kappa shape index (κ2) is 7.61. The number of nitrogens with one attached hydrogen (secondary N) is 1. The summed E-state index contributed by atoms with van der Waals surface area (Å²) in [6.07, 6.45) is 0.274.